The SMILES string of the molecule is O=C(NCc1cccc(CO)c1)C1Cc2ccccc2C1. The van der Waals surface area contributed by atoms with Crippen LogP contribution in [0.5, 0.6) is 0 Å². The number of benzene rings is 2. The minimum Gasteiger partial charge on any atom is -0.392 e. The molecule has 0 atom stereocenters. The zero-order chi connectivity index (χ0) is 14.7. The van der Waals surface area contributed by atoms with Gasteiger partial charge in [0.25, 0.3) is 0 Å². The predicted octanol–water partition coefficient (Wildman–Crippen LogP) is 2.21. The van der Waals surface area contributed by atoms with E-state index in [-0.39, 0.29) is 18.4 Å². The molecule has 0 saturated heterocycles. The summed E-state index contributed by atoms with van der Waals surface area (Å²) < 4.78 is 0. The van der Waals surface area contributed by atoms with Crippen LogP contribution in [0.2, 0.25) is 0 Å². The van der Waals surface area contributed by atoms with Gasteiger partial charge in [-0.3, -0.25) is 4.79 Å². The Balaban J connectivity index is 1.58. The topological polar surface area (TPSA) is 49.3 Å². The monoisotopic (exact) mass is 281 g/mol. The van der Waals surface area contributed by atoms with E-state index >= 15 is 0 Å². The maximum atomic E-state index is 12.3. The fraction of sp³-hybridized carbons (Fsp3) is 0.278. The highest BCUT2D eigenvalue weighted by Crippen LogP contribution is 2.26. The molecule has 108 valence electrons. The van der Waals surface area contributed by atoms with Crippen LogP contribution >= 0.6 is 0 Å². The second-order valence-corrected chi connectivity index (χ2v) is 5.57. The summed E-state index contributed by atoms with van der Waals surface area (Å²) in [7, 11) is 0. The van der Waals surface area contributed by atoms with Crippen LogP contribution in [-0.4, -0.2) is 11.0 Å². The van der Waals surface area contributed by atoms with E-state index in [2.05, 4.69) is 17.4 Å². The Morgan fingerprint density at radius 2 is 1.71 bits per heavy atom. The number of hydrogen-bond acceptors (Lipinski definition) is 2. The Morgan fingerprint density at radius 3 is 2.38 bits per heavy atom. The Morgan fingerprint density at radius 1 is 1.05 bits per heavy atom. The molecule has 21 heavy (non-hydrogen) atoms. The number of aliphatic hydroxyl groups excluding tert-OH is 1. The summed E-state index contributed by atoms with van der Waals surface area (Å²) in [5, 5.41) is 12.1. The molecule has 0 bridgehead atoms. The van der Waals surface area contributed by atoms with Crippen molar-refractivity contribution in [3.63, 3.8) is 0 Å². The van der Waals surface area contributed by atoms with Gasteiger partial charge in [0, 0.05) is 12.5 Å². The van der Waals surface area contributed by atoms with Crippen LogP contribution in [-0.2, 0) is 30.8 Å². The van der Waals surface area contributed by atoms with E-state index in [9.17, 15) is 4.79 Å². The van der Waals surface area contributed by atoms with Crippen molar-refractivity contribution >= 4 is 5.91 Å². The predicted molar refractivity (Wildman–Crippen MR) is 81.6 cm³/mol. The number of hydrogen-bond donors (Lipinski definition) is 2. The van der Waals surface area contributed by atoms with Crippen molar-refractivity contribution in [2.45, 2.75) is 26.0 Å². The van der Waals surface area contributed by atoms with Crippen molar-refractivity contribution in [1.29, 1.82) is 0 Å². The number of carbonyl (C=O) groups is 1. The molecule has 3 rings (SSSR count). The largest absolute Gasteiger partial charge is 0.392 e. The van der Waals surface area contributed by atoms with Crippen LogP contribution in [0, 0.1) is 5.92 Å². The Labute approximate surface area is 124 Å². The fourth-order valence-corrected chi connectivity index (χ4v) is 2.92. The third-order valence-corrected chi connectivity index (χ3v) is 4.06. The van der Waals surface area contributed by atoms with Gasteiger partial charge < -0.3 is 10.4 Å². The summed E-state index contributed by atoms with van der Waals surface area (Å²) >= 11 is 0. The van der Waals surface area contributed by atoms with Gasteiger partial charge in [-0.05, 0) is 35.1 Å². The van der Waals surface area contributed by atoms with Crippen LogP contribution in [0.25, 0.3) is 0 Å². The molecule has 2 aromatic rings. The maximum absolute atomic E-state index is 12.3. The molecule has 1 amide bonds. The average Bonchev–Trinajstić information content (AvgIpc) is 2.97. The van der Waals surface area contributed by atoms with E-state index in [4.69, 9.17) is 5.11 Å². The molecule has 0 aromatic heterocycles. The molecule has 0 saturated carbocycles. The van der Waals surface area contributed by atoms with Crippen LogP contribution in [0.4, 0.5) is 0 Å². The third kappa shape index (κ3) is 3.14. The third-order valence-electron chi connectivity index (χ3n) is 4.06. The first-order valence-corrected chi connectivity index (χ1v) is 7.29. The Kier molecular flexibility index (Phi) is 4.02. The van der Waals surface area contributed by atoms with Gasteiger partial charge in [-0.25, -0.2) is 0 Å². The second-order valence-electron chi connectivity index (χ2n) is 5.57. The molecule has 0 unspecified atom stereocenters. The lowest BCUT2D eigenvalue weighted by atomic mass is 10.1. The summed E-state index contributed by atoms with van der Waals surface area (Å²) in [6.45, 7) is 0.541. The molecule has 0 spiro atoms. The molecule has 2 N–H and O–H groups in total. The average molecular weight is 281 g/mol. The van der Waals surface area contributed by atoms with Crippen LogP contribution in [0.1, 0.15) is 22.3 Å². The minimum atomic E-state index is 0.0275. The first-order valence-electron chi connectivity index (χ1n) is 7.29. The van der Waals surface area contributed by atoms with E-state index in [1.54, 1.807) is 0 Å². The molecular weight excluding hydrogens is 262 g/mol. The molecule has 1 aliphatic rings. The van der Waals surface area contributed by atoms with Crippen molar-refractivity contribution in [3.8, 4) is 0 Å². The van der Waals surface area contributed by atoms with E-state index in [0.717, 1.165) is 24.0 Å². The standard InChI is InChI=1S/C18H19NO2/c20-12-14-5-3-4-13(8-14)11-19-18(21)17-9-15-6-1-2-7-16(15)10-17/h1-8,17,20H,9-12H2,(H,19,21). The lowest BCUT2D eigenvalue weighted by Gasteiger charge is -2.11. The van der Waals surface area contributed by atoms with E-state index in [1.165, 1.54) is 11.1 Å². The van der Waals surface area contributed by atoms with Gasteiger partial charge >= 0.3 is 0 Å². The quantitative estimate of drug-likeness (QED) is 0.902. The molecular formula is C18H19NO2. The number of nitrogens with one attached hydrogen (secondary N) is 1. The molecule has 3 heteroatoms. The molecule has 0 heterocycles. The first kappa shape index (κ1) is 13.8. The summed E-state index contributed by atoms with van der Waals surface area (Å²) in [4.78, 5) is 12.3. The van der Waals surface area contributed by atoms with Gasteiger partial charge in [0.05, 0.1) is 6.61 Å². The highest BCUT2D eigenvalue weighted by Gasteiger charge is 2.26. The van der Waals surface area contributed by atoms with E-state index in [0.29, 0.717) is 6.54 Å². The summed E-state index contributed by atoms with van der Waals surface area (Å²) in [5.74, 6) is 0.157. The van der Waals surface area contributed by atoms with E-state index < -0.39 is 0 Å². The van der Waals surface area contributed by atoms with E-state index in [1.807, 2.05) is 36.4 Å². The maximum Gasteiger partial charge on any atom is 0.224 e. The highest BCUT2D eigenvalue weighted by atomic mass is 16.3. The zero-order valence-corrected chi connectivity index (χ0v) is 11.9. The fourth-order valence-electron chi connectivity index (χ4n) is 2.92. The second kappa shape index (κ2) is 6.10. The van der Waals surface area contributed by atoms with Crippen molar-refractivity contribution in [2.75, 3.05) is 0 Å². The number of fused-ring (bicyclic) bond motifs is 1. The number of carbonyl (C=O) groups excluding carboxylic acids is 1. The van der Waals surface area contributed by atoms with Crippen molar-refractivity contribution in [3.05, 3.63) is 70.8 Å². The first-order chi connectivity index (χ1) is 10.3. The highest BCUT2D eigenvalue weighted by molar-refractivity contribution is 5.80. The van der Waals surface area contributed by atoms with Crippen LogP contribution in [0.3, 0.4) is 0 Å². The molecule has 1 aliphatic carbocycles. The van der Waals surface area contributed by atoms with Gasteiger partial charge in [0.15, 0.2) is 0 Å². The van der Waals surface area contributed by atoms with Gasteiger partial charge in [-0.2, -0.15) is 0 Å². The van der Waals surface area contributed by atoms with Crippen LogP contribution in [0.15, 0.2) is 48.5 Å². The zero-order valence-electron chi connectivity index (χ0n) is 11.9. The Bertz CT molecular complexity index is 626. The van der Waals surface area contributed by atoms with Crippen LogP contribution < -0.4 is 5.32 Å². The normalized spacial score (nSPS) is 14.0. The van der Waals surface area contributed by atoms with Gasteiger partial charge in [0.1, 0.15) is 0 Å². The molecule has 0 radical (unpaired) electrons. The van der Waals surface area contributed by atoms with Gasteiger partial charge in [0.2, 0.25) is 5.91 Å². The molecule has 0 aliphatic heterocycles. The summed E-state index contributed by atoms with van der Waals surface area (Å²) in [6, 6.07) is 15.9. The number of amides is 1. The molecule has 3 nitrogen and oxygen atoms in total. The summed E-state index contributed by atoms with van der Waals surface area (Å²) in [5.41, 5.74) is 4.47. The molecule has 0 fully saturated rings. The lowest BCUT2D eigenvalue weighted by Crippen LogP contribution is -2.30. The van der Waals surface area contributed by atoms with Crippen molar-refractivity contribution in [2.24, 2.45) is 5.92 Å². The Hall–Kier alpha value is -2.13. The smallest absolute Gasteiger partial charge is 0.224 e. The molecule has 2 aromatic carbocycles. The van der Waals surface area contributed by atoms with Gasteiger partial charge in [-0.1, -0.05) is 48.5 Å². The number of aliphatic hydroxyl groups is 1. The summed E-state index contributed by atoms with van der Waals surface area (Å²) in [6.07, 6.45) is 1.66. The van der Waals surface area contributed by atoms with Gasteiger partial charge in [-0.15, -0.1) is 0 Å². The number of rotatable bonds is 4. The van der Waals surface area contributed by atoms with Crippen molar-refractivity contribution < 1.29 is 9.90 Å². The van der Waals surface area contributed by atoms with Crippen molar-refractivity contribution in [1.82, 2.24) is 5.32 Å². The lowest BCUT2D eigenvalue weighted by molar-refractivity contribution is -0.124. The minimum absolute atomic E-state index is 0.0275.